The van der Waals surface area contributed by atoms with E-state index in [-0.39, 0.29) is 0 Å². The number of pyridine rings is 3. The van der Waals surface area contributed by atoms with Crippen LogP contribution < -0.4 is 0 Å². The normalized spacial score (nSPS) is 11.8. The SMILES string of the molecule is c1ccc2c(c1)cnc1c2c2cccnc2n2ccnc12. The summed E-state index contributed by atoms with van der Waals surface area (Å²) < 4.78 is 2.00. The Hall–Kier alpha value is -3.01. The second-order valence-corrected chi connectivity index (χ2v) is 5.06. The molecule has 0 unspecified atom stereocenters. The van der Waals surface area contributed by atoms with Crippen molar-refractivity contribution in [2.45, 2.75) is 0 Å². The molecule has 0 saturated heterocycles. The van der Waals surface area contributed by atoms with Crippen molar-refractivity contribution in [1.29, 1.82) is 0 Å². The van der Waals surface area contributed by atoms with Gasteiger partial charge in [-0.05, 0) is 17.5 Å². The molecular weight excluding hydrogens is 260 g/mol. The summed E-state index contributed by atoms with van der Waals surface area (Å²) in [6.07, 6.45) is 7.45. The third kappa shape index (κ3) is 1.31. The summed E-state index contributed by atoms with van der Waals surface area (Å²) >= 11 is 0. The first-order chi connectivity index (χ1) is 10.4. The fraction of sp³-hybridized carbons (Fsp3) is 0. The lowest BCUT2D eigenvalue weighted by Gasteiger charge is -2.09. The highest BCUT2D eigenvalue weighted by molar-refractivity contribution is 6.20. The number of imidazole rings is 1. The van der Waals surface area contributed by atoms with E-state index in [0.717, 1.165) is 33.0 Å². The van der Waals surface area contributed by atoms with E-state index in [2.05, 4.69) is 39.2 Å². The summed E-state index contributed by atoms with van der Waals surface area (Å²) in [4.78, 5) is 13.6. The third-order valence-corrected chi connectivity index (χ3v) is 3.94. The zero-order valence-corrected chi connectivity index (χ0v) is 11.1. The van der Waals surface area contributed by atoms with Crippen LogP contribution in [0.2, 0.25) is 0 Å². The second-order valence-electron chi connectivity index (χ2n) is 5.06. The molecule has 5 rings (SSSR count). The lowest BCUT2D eigenvalue weighted by molar-refractivity contribution is 1.19. The predicted molar refractivity (Wildman–Crippen MR) is 83.3 cm³/mol. The smallest absolute Gasteiger partial charge is 0.165 e. The molecule has 4 nitrogen and oxygen atoms in total. The highest BCUT2D eigenvalue weighted by Gasteiger charge is 2.13. The van der Waals surface area contributed by atoms with Crippen LogP contribution in [0.3, 0.4) is 0 Å². The van der Waals surface area contributed by atoms with E-state index in [9.17, 15) is 0 Å². The Kier molecular flexibility index (Phi) is 1.92. The molecule has 0 bridgehead atoms. The minimum absolute atomic E-state index is 0.849. The van der Waals surface area contributed by atoms with Gasteiger partial charge in [0, 0.05) is 40.9 Å². The van der Waals surface area contributed by atoms with Crippen LogP contribution in [0, 0.1) is 0 Å². The van der Waals surface area contributed by atoms with Crippen molar-refractivity contribution in [2.75, 3.05) is 0 Å². The summed E-state index contributed by atoms with van der Waals surface area (Å²) in [5.74, 6) is 0. The number of benzene rings is 1. The van der Waals surface area contributed by atoms with Gasteiger partial charge in [0.2, 0.25) is 0 Å². The third-order valence-electron chi connectivity index (χ3n) is 3.94. The van der Waals surface area contributed by atoms with Crippen LogP contribution in [-0.4, -0.2) is 19.4 Å². The Bertz CT molecular complexity index is 1140. The van der Waals surface area contributed by atoms with Gasteiger partial charge >= 0.3 is 0 Å². The fourth-order valence-electron chi connectivity index (χ4n) is 3.04. The zero-order chi connectivity index (χ0) is 13.8. The molecule has 0 spiro atoms. The second kappa shape index (κ2) is 3.76. The van der Waals surface area contributed by atoms with Gasteiger partial charge in [-0.15, -0.1) is 0 Å². The molecule has 4 heterocycles. The lowest BCUT2D eigenvalue weighted by Crippen LogP contribution is -1.95. The van der Waals surface area contributed by atoms with Gasteiger partial charge in [-0.3, -0.25) is 9.38 Å². The number of hydrogen-bond donors (Lipinski definition) is 0. The topological polar surface area (TPSA) is 43.1 Å². The molecule has 0 aliphatic rings. The average molecular weight is 270 g/mol. The van der Waals surface area contributed by atoms with Crippen molar-refractivity contribution < 1.29 is 0 Å². The number of rotatable bonds is 0. The standard InChI is InChI=1S/C17H10N4/c1-2-5-12-11(4-1)10-20-15-14(12)13-6-3-7-18-16(13)21-9-8-19-17(15)21/h1-10H. The van der Waals surface area contributed by atoms with Crippen molar-refractivity contribution in [3.8, 4) is 0 Å². The molecule has 0 aliphatic carbocycles. The van der Waals surface area contributed by atoms with Crippen LogP contribution in [0.15, 0.2) is 61.2 Å². The van der Waals surface area contributed by atoms with Crippen molar-refractivity contribution >= 4 is 38.4 Å². The Morgan fingerprint density at radius 2 is 1.62 bits per heavy atom. The molecule has 0 fully saturated rings. The van der Waals surface area contributed by atoms with Crippen LogP contribution >= 0.6 is 0 Å². The molecule has 4 aromatic heterocycles. The first-order valence-corrected chi connectivity index (χ1v) is 6.81. The minimum atomic E-state index is 0.849. The first-order valence-electron chi connectivity index (χ1n) is 6.81. The van der Waals surface area contributed by atoms with Crippen LogP contribution in [0.25, 0.3) is 38.4 Å². The number of nitrogens with zero attached hydrogens (tertiary/aromatic N) is 4. The van der Waals surface area contributed by atoms with E-state index in [1.165, 1.54) is 5.39 Å². The van der Waals surface area contributed by atoms with Crippen LogP contribution in [-0.2, 0) is 0 Å². The molecule has 98 valence electrons. The van der Waals surface area contributed by atoms with Crippen LogP contribution in [0.4, 0.5) is 0 Å². The Morgan fingerprint density at radius 3 is 2.62 bits per heavy atom. The van der Waals surface area contributed by atoms with E-state index < -0.39 is 0 Å². The van der Waals surface area contributed by atoms with Crippen molar-refractivity contribution in [3.05, 3.63) is 61.2 Å². The van der Waals surface area contributed by atoms with E-state index in [4.69, 9.17) is 0 Å². The van der Waals surface area contributed by atoms with Crippen LogP contribution in [0.5, 0.6) is 0 Å². The van der Waals surface area contributed by atoms with E-state index >= 15 is 0 Å². The highest BCUT2D eigenvalue weighted by Crippen LogP contribution is 2.31. The summed E-state index contributed by atoms with van der Waals surface area (Å²) in [7, 11) is 0. The van der Waals surface area contributed by atoms with E-state index in [1.807, 2.05) is 35.1 Å². The minimum Gasteiger partial charge on any atom is -0.282 e. The maximum atomic E-state index is 4.65. The quantitative estimate of drug-likeness (QED) is 0.404. The molecule has 0 N–H and O–H groups in total. The maximum Gasteiger partial charge on any atom is 0.165 e. The van der Waals surface area contributed by atoms with Crippen molar-refractivity contribution in [1.82, 2.24) is 19.4 Å². The van der Waals surface area contributed by atoms with Gasteiger partial charge in [-0.2, -0.15) is 0 Å². The highest BCUT2D eigenvalue weighted by atomic mass is 15.0. The summed E-state index contributed by atoms with van der Waals surface area (Å²) in [6.45, 7) is 0. The molecule has 21 heavy (non-hydrogen) atoms. The number of fused-ring (bicyclic) bond motifs is 8. The first kappa shape index (κ1) is 10.7. The lowest BCUT2D eigenvalue weighted by atomic mass is 10.0. The van der Waals surface area contributed by atoms with Crippen molar-refractivity contribution in [2.24, 2.45) is 0 Å². The fourth-order valence-corrected chi connectivity index (χ4v) is 3.04. The monoisotopic (exact) mass is 270 g/mol. The zero-order valence-electron chi connectivity index (χ0n) is 11.1. The number of hydrogen-bond acceptors (Lipinski definition) is 3. The Morgan fingerprint density at radius 1 is 0.762 bits per heavy atom. The van der Waals surface area contributed by atoms with Gasteiger partial charge < -0.3 is 0 Å². The Labute approximate surface area is 119 Å². The van der Waals surface area contributed by atoms with E-state index in [1.54, 1.807) is 6.20 Å². The van der Waals surface area contributed by atoms with Gasteiger partial charge in [0.05, 0.1) is 0 Å². The average Bonchev–Trinajstić information content (AvgIpc) is 3.04. The summed E-state index contributed by atoms with van der Waals surface area (Å²) in [6, 6.07) is 12.4. The van der Waals surface area contributed by atoms with Gasteiger partial charge in [-0.25, -0.2) is 9.97 Å². The largest absolute Gasteiger partial charge is 0.282 e. The van der Waals surface area contributed by atoms with Gasteiger partial charge in [0.15, 0.2) is 5.65 Å². The molecule has 0 saturated carbocycles. The molecule has 4 heteroatoms. The molecular formula is C17H10N4. The molecule has 0 amide bonds. The molecule has 0 aliphatic heterocycles. The molecule has 0 atom stereocenters. The van der Waals surface area contributed by atoms with Gasteiger partial charge in [-0.1, -0.05) is 24.3 Å². The van der Waals surface area contributed by atoms with E-state index in [0.29, 0.717) is 0 Å². The molecule has 1 aromatic carbocycles. The predicted octanol–water partition coefficient (Wildman–Crippen LogP) is 3.58. The van der Waals surface area contributed by atoms with Crippen molar-refractivity contribution in [3.63, 3.8) is 0 Å². The molecule has 0 radical (unpaired) electrons. The number of aromatic nitrogens is 4. The summed E-state index contributed by atoms with van der Waals surface area (Å²) in [5.41, 5.74) is 2.68. The summed E-state index contributed by atoms with van der Waals surface area (Å²) in [5, 5.41) is 4.54. The maximum absolute atomic E-state index is 4.65. The van der Waals surface area contributed by atoms with Gasteiger partial charge in [0.25, 0.3) is 0 Å². The van der Waals surface area contributed by atoms with Crippen LogP contribution in [0.1, 0.15) is 0 Å². The molecule has 5 aromatic rings. The van der Waals surface area contributed by atoms with Gasteiger partial charge in [0.1, 0.15) is 11.2 Å². The Balaban J connectivity index is 2.25.